The highest BCUT2D eigenvalue weighted by molar-refractivity contribution is 7.75. The van der Waals surface area contributed by atoms with Crippen LogP contribution < -0.4 is 0 Å². The summed E-state index contributed by atoms with van der Waals surface area (Å²) >= 11 is 0. The van der Waals surface area contributed by atoms with Gasteiger partial charge in [-0.3, -0.25) is 4.79 Å². The minimum Gasteiger partial charge on any atom is -0.481 e. The van der Waals surface area contributed by atoms with E-state index in [-0.39, 0.29) is 30.8 Å². The van der Waals surface area contributed by atoms with E-state index in [0.717, 1.165) is 19.3 Å². The monoisotopic (exact) mass is 643 g/mol. The number of carboxylic acid groups (broad SMARTS) is 1. The van der Waals surface area contributed by atoms with Crippen molar-refractivity contribution in [2.45, 2.75) is 156 Å². The molecular weight excluding hydrogens is 579 g/mol. The molecule has 8 nitrogen and oxygen atoms in total. The Morgan fingerprint density at radius 3 is 1.93 bits per heavy atom. The van der Waals surface area contributed by atoms with Crippen molar-refractivity contribution in [1.82, 2.24) is 0 Å². The second-order valence-electron chi connectivity index (χ2n) is 14.3. The summed E-state index contributed by atoms with van der Waals surface area (Å²) in [5.41, 5.74) is -0.717. The van der Waals surface area contributed by atoms with Crippen molar-refractivity contribution in [1.29, 1.82) is 0 Å². The third-order valence-electron chi connectivity index (χ3n) is 10.9. The van der Waals surface area contributed by atoms with Gasteiger partial charge in [-0.1, -0.05) is 67.2 Å². The van der Waals surface area contributed by atoms with E-state index in [2.05, 4.69) is 34.6 Å². The Balaban J connectivity index is 0.000000271. The van der Waals surface area contributed by atoms with Gasteiger partial charge in [0.1, 0.15) is 6.61 Å². The number of carbonyl (C=O) groups excluding carboxylic acids is 1. The Bertz CT molecular complexity index is 862. The van der Waals surface area contributed by atoms with Crippen molar-refractivity contribution in [3.8, 4) is 0 Å². The van der Waals surface area contributed by atoms with E-state index in [0.29, 0.717) is 12.3 Å². The number of esters is 1. The molecule has 5 fully saturated rings. The molecule has 1 unspecified atom stereocenters. The number of rotatable bonds is 16. The third kappa shape index (κ3) is 8.97. The van der Waals surface area contributed by atoms with Gasteiger partial charge in [0, 0.05) is 19.6 Å². The maximum atomic E-state index is 12.6. The number of hydrogen-bond acceptors (Lipinski definition) is 7. The fraction of sp³-hybridized carbons (Fsp3) is 0.943. The van der Waals surface area contributed by atoms with Crippen LogP contribution in [-0.4, -0.2) is 72.1 Å². The number of carbonyl (C=O) groups is 2. The summed E-state index contributed by atoms with van der Waals surface area (Å²) in [6.07, 6.45) is 19.8. The van der Waals surface area contributed by atoms with Crippen molar-refractivity contribution < 1.29 is 38.7 Å². The molecule has 1 N–H and O–H groups in total. The molecule has 1 saturated carbocycles. The minimum atomic E-state index is -1.01. The summed E-state index contributed by atoms with van der Waals surface area (Å²) in [6, 6.07) is 0. The highest BCUT2D eigenvalue weighted by Gasteiger charge is 2.70. The summed E-state index contributed by atoms with van der Waals surface area (Å²) in [5.74, 6) is -1.87. The lowest BCUT2D eigenvalue weighted by molar-refractivity contribution is -0.569. The van der Waals surface area contributed by atoms with Crippen LogP contribution in [0.2, 0.25) is 0 Å². The van der Waals surface area contributed by atoms with Gasteiger partial charge in [0.2, 0.25) is 5.79 Å². The molecule has 0 aromatic rings. The smallest absolute Gasteiger partial charge is 0.335 e. The number of ether oxygens (including phenoxy) is 3. The predicted molar refractivity (Wildman–Crippen MR) is 176 cm³/mol. The molecule has 5 aliphatic rings. The average molecular weight is 644 g/mol. The zero-order valence-corrected chi connectivity index (χ0v) is 29.8. The summed E-state index contributed by atoms with van der Waals surface area (Å²) in [5, 5.41) is 8.74. The molecule has 44 heavy (non-hydrogen) atoms. The van der Waals surface area contributed by atoms with Crippen LogP contribution in [0, 0.1) is 23.7 Å². The SMILES string of the molecule is CCCC[P+](CCCC)(CCCC)CCCC.C[C@H]1[C@H](C(=O)OCCC(=O)O)O[C@@H]2O[C@]3(C)CC[C@H]4[C@H](C)CC[C@@H]1C24OO3. The van der Waals surface area contributed by atoms with Crippen LogP contribution in [0.3, 0.4) is 0 Å². The van der Waals surface area contributed by atoms with Crippen molar-refractivity contribution in [3.05, 3.63) is 0 Å². The zero-order valence-electron chi connectivity index (χ0n) is 28.9. The molecule has 1 aliphatic carbocycles. The number of fused-ring (bicyclic) bond motifs is 2. The molecule has 9 heteroatoms. The number of aliphatic carboxylic acids is 1. The second-order valence-corrected chi connectivity index (χ2v) is 18.8. The third-order valence-corrected chi connectivity index (χ3v) is 16.0. The van der Waals surface area contributed by atoms with Crippen molar-refractivity contribution in [3.63, 3.8) is 0 Å². The average Bonchev–Trinajstić information content (AvgIpc) is 3.24. The molecule has 8 atom stereocenters. The first-order chi connectivity index (χ1) is 21.0. The quantitative estimate of drug-likeness (QED) is 0.102. The molecule has 1 spiro atoms. The van der Waals surface area contributed by atoms with Gasteiger partial charge >= 0.3 is 11.9 Å². The van der Waals surface area contributed by atoms with Gasteiger partial charge < -0.3 is 19.3 Å². The van der Waals surface area contributed by atoms with Crippen LogP contribution in [0.15, 0.2) is 0 Å². The van der Waals surface area contributed by atoms with Crippen LogP contribution in [0.5, 0.6) is 0 Å². The molecule has 4 aliphatic heterocycles. The Morgan fingerprint density at radius 2 is 1.41 bits per heavy atom. The van der Waals surface area contributed by atoms with Crippen LogP contribution >= 0.6 is 7.26 Å². The molecule has 4 heterocycles. The van der Waals surface area contributed by atoms with Gasteiger partial charge in [0.05, 0.1) is 31.1 Å². The van der Waals surface area contributed by atoms with Crippen molar-refractivity contribution in [2.75, 3.05) is 31.3 Å². The Kier molecular flexibility index (Phi) is 14.9. The summed E-state index contributed by atoms with van der Waals surface area (Å²) in [7, 11) is -0.562. The normalized spacial score (nSPS) is 34.3. The van der Waals surface area contributed by atoms with Gasteiger partial charge in [0.25, 0.3) is 0 Å². The Morgan fingerprint density at radius 1 is 0.841 bits per heavy atom. The van der Waals surface area contributed by atoms with E-state index < -0.39 is 43.0 Å². The molecule has 2 bridgehead atoms. The minimum absolute atomic E-state index is 0.0390. The zero-order chi connectivity index (χ0) is 32.4. The molecule has 0 amide bonds. The molecule has 0 aromatic carbocycles. The lowest BCUT2D eigenvalue weighted by Gasteiger charge is -2.60. The maximum absolute atomic E-state index is 12.6. The summed E-state index contributed by atoms with van der Waals surface area (Å²) in [6.45, 7) is 15.3. The molecule has 0 radical (unpaired) electrons. The fourth-order valence-electron chi connectivity index (χ4n) is 8.14. The van der Waals surface area contributed by atoms with Gasteiger partial charge in [-0.15, -0.1) is 0 Å². The standard InChI is InChI=1S/C19H28O8.C16H36P/c1-10-4-5-13-11(2)15(16(22)23-9-7-14(20)21)24-17-19(13)12(10)6-8-18(3,25-17)26-27-19;1-5-9-13-17(14-10-6-2,15-11-7-3)16-12-8-4/h10-13,15,17H,4-9H2,1-3H3,(H,20,21);5-16H2,1-4H3/q;+1/t10-,11-,12+,13+,15-,17-,18+,19?;/m1./s1. The van der Waals surface area contributed by atoms with Gasteiger partial charge in [0.15, 0.2) is 18.0 Å². The van der Waals surface area contributed by atoms with Crippen LogP contribution in [0.4, 0.5) is 0 Å². The van der Waals surface area contributed by atoms with E-state index in [4.69, 9.17) is 29.1 Å². The molecule has 5 rings (SSSR count). The Labute approximate surface area is 268 Å². The highest BCUT2D eigenvalue weighted by Crippen LogP contribution is 2.62. The van der Waals surface area contributed by atoms with E-state index in [1.165, 1.54) is 51.4 Å². The lowest BCUT2D eigenvalue weighted by atomic mass is 9.57. The second kappa shape index (κ2) is 17.4. The Hall–Kier alpha value is -0.790. The molecule has 256 valence electrons. The van der Waals surface area contributed by atoms with E-state index in [9.17, 15) is 9.59 Å². The van der Waals surface area contributed by atoms with E-state index in [1.54, 1.807) is 24.6 Å². The maximum Gasteiger partial charge on any atom is 0.335 e. The van der Waals surface area contributed by atoms with Gasteiger partial charge in [-0.05, 0) is 69.6 Å². The highest BCUT2D eigenvalue weighted by atomic mass is 31.2. The number of unbranched alkanes of at least 4 members (excludes halogenated alkanes) is 4. The van der Waals surface area contributed by atoms with Gasteiger partial charge in [-0.2, -0.15) is 0 Å². The molecule has 4 saturated heterocycles. The van der Waals surface area contributed by atoms with Crippen LogP contribution in [0.1, 0.15) is 132 Å². The van der Waals surface area contributed by atoms with E-state index in [1.807, 2.05) is 13.8 Å². The van der Waals surface area contributed by atoms with Crippen molar-refractivity contribution in [2.24, 2.45) is 23.7 Å². The first kappa shape index (κ1) is 37.7. The first-order valence-electron chi connectivity index (χ1n) is 17.9. The van der Waals surface area contributed by atoms with Gasteiger partial charge in [-0.25, -0.2) is 14.6 Å². The molecule has 0 aromatic heterocycles. The fourth-order valence-corrected chi connectivity index (χ4v) is 13.4. The lowest BCUT2D eigenvalue weighted by Crippen LogP contribution is -2.71. The van der Waals surface area contributed by atoms with Crippen LogP contribution in [0.25, 0.3) is 0 Å². The summed E-state index contributed by atoms with van der Waals surface area (Å²) in [4.78, 5) is 35.0. The van der Waals surface area contributed by atoms with Crippen LogP contribution in [-0.2, 0) is 33.6 Å². The van der Waals surface area contributed by atoms with Crippen molar-refractivity contribution >= 4 is 19.2 Å². The van der Waals surface area contributed by atoms with E-state index >= 15 is 0 Å². The topological polar surface area (TPSA) is 101 Å². The predicted octanol–water partition coefficient (Wildman–Crippen LogP) is 8.46. The largest absolute Gasteiger partial charge is 0.481 e. The first-order valence-corrected chi connectivity index (χ1v) is 20.5. The summed E-state index contributed by atoms with van der Waals surface area (Å²) < 4.78 is 17.5. The number of carboxylic acids is 1. The molecular formula is C35H64O8P+. The number of hydrogen-bond donors (Lipinski definition) is 1.